The molecule has 4 heterocycles. The highest BCUT2D eigenvalue weighted by molar-refractivity contribution is 5.91. The number of likely N-dealkylation sites (tertiary alicyclic amines) is 1. The van der Waals surface area contributed by atoms with Gasteiger partial charge in [-0.25, -0.2) is 0 Å². The van der Waals surface area contributed by atoms with Gasteiger partial charge in [0.05, 0.1) is 24.6 Å². The van der Waals surface area contributed by atoms with Crippen LogP contribution in [0.15, 0.2) is 36.7 Å². The minimum atomic E-state index is -0.965. The number of carboxylic acid groups (broad SMARTS) is 1. The van der Waals surface area contributed by atoms with Crippen molar-refractivity contribution in [1.29, 1.82) is 0 Å². The van der Waals surface area contributed by atoms with Gasteiger partial charge in [0, 0.05) is 12.4 Å². The maximum atomic E-state index is 12.8. The fraction of sp³-hybridized carbons (Fsp3) is 0.438. The van der Waals surface area contributed by atoms with Gasteiger partial charge in [0.25, 0.3) is 0 Å². The summed E-state index contributed by atoms with van der Waals surface area (Å²) in [7, 11) is 0. The highest BCUT2D eigenvalue weighted by Gasteiger charge is 2.67. The second kappa shape index (κ2) is 4.39. The molecule has 0 radical (unpaired) electrons. The number of aromatic nitrogens is 1. The molecule has 0 unspecified atom stereocenters. The van der Waals surface area contributed by atoms with Gasteiger partial charge in [0.1, 0.15) is 11.5 Å². The number of hydrogen-bond acceptors (Lipinski definition) is 4. The van der Waals surface area contributed by atoms with Crippen LogP contribution < -0.4 is 0 Å². The van der Waals surface area contributed by atoms with Crippen LogP contribution in [0, 0.1) is 11.8 Å². The molecule has 5 atom stereocenters. The Morgan fingerprint density at radius 2 is 2.23 bits per heavy atom. The number of nitrogens with zero attached hydrogens (tertiary/aromatic N) is 2. The zero-order valence-electron chi connectivity index (χ0n) is 12.0. The van der Waals surface area contributed by atoms with Gasteiger partial charge in [-0.15, -0.1) is 0 Å². The molecule has 22 heavy (non-hydrogen) atoms. The number of carboxylic acids is 1. The van der Waals surface area contributed by atoms with Gasteiger partial charge < -0.3 is 14.7 Å². The van der Waals surface area contributed by atoms with E-state index in [0.717, 1.165) is 5.56 Å². The second-order valence-electron chi connectivity index (χ2n) is 6.16. The van der Waals surface area contributed by atoms with Crippen LogP contribution in [0.4, 0.5) is 0 Å². The molecule has 1 aromatic rings. The van der Waals surface area contributed by atoms with Gasteiger partial charge in [-0.2, -0.15) is 0 Å². The van der Waals surface area contributed by atoms with Crippen LogP contribution in [0.5, 0.6) is 0 Å². The maximum Gasteiger partial charge on any atom is 0.310 e. The van der Waals surface area contributed by atoms with Gasteiger partial charge in [-0.3, -0.25) is 14.6 Å². The Hall–Kier alpha value is -2.21. The van der Waals surface area contributed by atoms with Crippen LogP contribution in [-0.4, -0.2) is 45.1 Å². The zero-order chi connectivity index (χ0) is 15.5. The van der Waals surface area contributed by atoms with Crippen molar-refractivity contribution < 1.29 is 19.4 Å². The summed E-state index contributed by atoms with van der Waals surface area (Å²) in [5.41, 5.74) is 0.205. The predicted molar refractivity (Wildman–Crippen MR) is 75.7 cm³/mol. The summed E-state index contributed by atoms with van der Waals surface area (Å²) < 4.78 is 5.88. The van der Waals surface area contributed by atoms with E-state index in [-0.39, 0.29) is 11.9 Å². The quantitative estimate of drug-likeness (QED) is 0.843. The van der Waals surface area contributed by atoms with Gasteiger partial charge in [0.15, 0.2) is 0 Å². The van der Waals surface area contributed by atoms with Crippen molar-refractivity contribution >= 4 is 11.9 Å². The van der Waals surface area contributed by atoms with E-state index in [9.17, 15) is 14.7 Å². The number of carbonyl (C=O) groups excluding carboxylic acids is 1. The van der Waals surface area contributed by atoms with Crippen molar-refractivity contribution in [3.63, 3.8) is 0 Å². The first-order valence-corrected chi connectivity index (χ1v) is 7.34. The average molecular weight is 300 g/mol. The molecular formula is C16H16N2O4. The molecule has 6 nitrogen and oxygen atoms in total. The van der Waals surface area contributed by atoms with E-state index < -0.39 is 29.5 Å². The fourth-order valence-electron chi connectivity index (χ4n) is 3.96. The number of hydrogen-bond donors (Lipinski definition) is 1. The van der Waals surface area contributed by atoms with Crippen molar-refractivity contribution in [2.24, 2.45) is 11.8 Å². The van der Waals surface area contributed by atoms with E-state index in [4.69, 9.17) is 4.74 Å². The number of ether oxygens (including phenoxy) is 1. The molecule has 3 aliphatic rings. The standard InChI is InChI=1S/C16H16N2O4/c1-9(10-3-6-17-7-4-10)18-8-16-5-2-11(22-16)12(15(20)21)13(16)14(18)19/h2-7,9,11-13H,8H2,1H3,(H,20,21)/t9-,11+,12+,13-,16+/m1/s1. The number of rotatable bonds is 3. The molecule has 0 saturated carbocycles. The first kappa shape index (κ1) is 13.5. The normalized spacial score (nSPS) is 36.7. The molecular weight excluding hydrogens is 284 g/mol. The number of carbonyl (C=O) groups is 2. The van der Waals surface area contributed by atoms with Crippen molar-refractivity contribution in [1.82, 2.24) is 9.88 Å². The van der Waals surface area contributed by atoms with Crippen molar-refractivity contribution in [3.05, 3.63) is 42.2 Å². The number of amides is 1. The van der Waals surface area contributed by atoms with E-state index in [1.165, 1.54) is 0 Å². The Balaban J connectivity index is 1.68. The monoisotopic (exact) mass is 300 g/mol. The minimum absolute atomic E-state index is 0.136. The van der Waals surface area contributed by atoms with Crippen LogP contribution in [0.25, 0.3) is 0 Å². The van der Waals surface area contributed by atoms with Crippen molar-refractivity contribution in [2.75, 3.05) is 6.54 Å². The molecule has 114 valence electrons. The molecule has 2 fully saturated rings. The Labute approximate surface area is 127 Å². The van der Waals surface area contributed by atoms with Crippen LogP contribution >= 0.6 is 0 Å². The highest BCUT2D eigenvalue weighted by Crippen LogP contribution is 2.53. The minimum Gasteiger partial charge on any atom is -0.481 e. The molecule has 1 amide bonds. The maximum absolute atomic E-state index is 12.8. The van der Waals surface area contributed by atoms with Gasteiger partial charge in [-0.1, -0.05) is 12.2 Å². The summed E-state index contributed by atoms with van der Waals surface area (Å²) in [6, 6.07) is 3.60. The molecule has 1 spiro atoms. The zero-order valence-corrected chi connectivity index (χ0v) is 12.0. The van der Waals surface area contributed by atoms with Gasteiger partial charge >= 0.3 is 5.97 Å². The lowest BCUT2D eigenvalue weighted by Crippen LogP contribution is -2.39. The van der Waals surface area contributed by atoms with Crippen LogP contribution in [0.3, 0.4) is 0 Å². The Morgan fingerprint density at radius 3 is 2.91 bits per heavy atom. The van der Waals surface area contributed by atoms with E-state index in [1.54, 1.807) is 23.4 Å². The van der Waals surface area contributed by atoms with E-state index in [0.29, 0.717) is 6.54 Å². The summed E-state index contributed by atoms with van der Waals surface area (Å²) in [6.07, 6.45) is 6.55. The molecule has 3 aliphatic heterocycles. The molecule has 1 aromatic heterocycles. The molecule has 1 N–H and O–H groups in total. The third-order valence-corrected chi connectivity index (χ3v) is 5.07. The van der Waals surface area contributed by atoms with E-state index >= 15 is 0 Å². The largest absolute Gasteiger partial charge is 0.481 e. The number of aliphatic carboxylic acids is 1. The third kappa shape index (κ3) is 1.61. The lowest BCUT2D eigenvalue weighted by molar-refractivity contribution is -0.148. The summed E-state index contributed by atoms with van der Waals surface area (Å²) in [6.45, 7) is 2.34. The van der Waals surface area contributed by atoms with E-state index in [1.807, 2.05) is 25.1 Å². The number of pyridine rings is 1. The van der Waals surface area contributed by atoms with Gasteiger partial charge in [-0.05, 0) is 24.6 Å². The average Bonchev–Trinajstić information content (AvgIpc) is 3.15. The second-order valence-corrected chi connectivity index (χ2v) is 6.16. The van der Waals surface area contributed by atoms with E-state index in [2.05, 4.69) is 4.98 Å². The topological polar surface area (TPSA) is 79.7 Å². The molecule has 2 saturated heterocycles. The first-order valence-electron chi connectivity index (χ1n) is 7.34. The number of fused-ring (bicyclic) bond motifs is 1. The first-order chi connectivity index (χ1) is 10.5. The lowest BCUT2D eigenvalue weighted by Gasteiger charge is -2.27. The Bertz CT molecular complexity index is 674. The fourth-order valence-corrected chi connectivity index (χ4v) is 3.96. The molecule has 0 aromatic carbocycles. The van der Waals surface area contributed by atoms with Crippen LogP contribution in [0.2, 0.25) is 0 Å². The summed E-state index contributed by atoms with van der Waals surface area (Å²) in [4.78, 5) is 30.1. The summed E-state index contributed by atoms with van der Waals surface area (Å²) in [5, 5.41) is 9.45. The Morgan fingerprint density at radius 1 is 1.50 bits per heavy atom. The Kier molecular flexibility index (Phi) is 2.69. The third-order valence-electron chi connectivity index (χ3n) is 5.07. The predicted octanol–water partition coefficient (Wildman–Crippen LogP) is 1.01. The van der Waals surface area contributed by atoms with Crippen LogP contribution in [-0.2, 0) is 14.3 Å². The SMILES string of the molecule is C[C@H](c1ccncc1)N1C[C@]23C=C[C@H](O2)[C@H](C(=O)O)[C@@H]3C1=O. The van der Waals surface area contributed by atoms with Crippen molar-refractivity contribution in [3.8, 4) is 0 Å². The van der Waals surface area contributed by atoms with Gasteiger partial charge in [0.2, 0.25) is 5.91 Å². The molecule has 0 aliphatic carbocycles. The summed E-state index contributed by atoms with van der Waals surface area (Å²) >= 11 is 0. The molecule has 2 bridgehead atoms. The molecule has 4 rings (SSSR count). The van der Waals surface area contributed by atoms with Crippen molar-refractivity contribution in [2.45, 2.75) is 24.7 Å². The smallest absolute Gasteiger partial charge is 0.310 e. The molecule has 6 heteroatoms. The lowest BCUT2D eigenvalue weighted by atomic mass is 9.77. The van der Waals surface area contributed by atoms with Crippen LogP contribution in [0.1, 0.15) is 18.5 Å². The highest BCUT2D eigenvalue weighted by atomic mass is 16.5. The summed E-state index contributed by atoms with van der Waals surface area (Å²) in [5.74, 6) is -2.51.